The zero-order chi connectivity index (χ0) is 33.9. The SMILES string of the molecule is Cc1cccnc1-c1[c-]cc(-c2ccccc2)c(-c2ccc3c(c2)c2cc4c5ccccc5n(-c5ccccc5)c4cc2n3-c2ccccc2)c1.[Ir]. The van der Waals surface area contributed by atoms with Crippen LogP contribution in [0, 0.1) is 13.0 Å². The van der Waals surface area contributed by atoms with Crippen LogP contribution in [0.2, 0.25) is 0 Å². The molecular formula is C48H32IrN3-. The third-order valence-electron chi connectivity index (χ3n) is 10.2. The van der Waals surface area contributed by atoms with E-state index in [1.165, 1.54) is 43.6 Å². The van der Waals surface area contributed by atoms with Crippen molar-refractivity contribution in [1.82, 2.24) is 14.1 Å². The standard InChI is InChI=1S/C48H32N3.Ir/c1-32-14-13-27-49-48(32)35-23-25-38(33-15-5-2-6-16-33)40(29-35)34-24-26-45-41(28-34)43-30-42-39-21-11-12-22-44(39)50(36-17-7-3-8-18-36)46(42)31-47(43)51(45)37-19-9-4-10-20-37;/h2-22,24-31H,1H3;/q-1;. The Morgan fingerprint density at radius 3 is 1.75 bits per heavy atom. The summed E-state index contributed by atoms with van der Waals surface area (Å²) in [6.45, 7) is 2.11. The van der Waals surface area contributed by atoms with E-state index in [0.717, 1.165) is 50.4 Å². The Balaban J connectivity index is 0.00000360. The molecule has 3 nitrogen and oxygen atoms in total. The minimum atomic E-state index is 0. The van der Waals surface area contributed by atoms with Gasteiger partial charge < -0.3 is 14.1 Å². The number of fused-ring (bicyclic) bond motifs is 6. The number of pyridine rings is 1. The molecule has 10 aromatic rings. The number of para-hydroxylation sites is 3. The Kier molecular flexibility index (Phi) is 7.92. The maximum Gasteiger partial charge on any atom is 0.0562 e. The quantitative estimate of drug-likeness (QED) is 0.158. The monoisotopic (exact) mass is 843 g/mol. The predicted octanol–water partition coefficient (Wildman–Crippen LogP) is 12.4. The maximum absolute atomic E-state index is 4.75. The van der Waals surface area contributed by atoms with Crippen molar-refractivity contribution >= 4 is 43.6 Å². The Hall–Kier alpha value is -6.06. The number of nitrogens with zero attached hydrogens (tertiary/aromatic N) is 3. The van der Waals surface area contributed by atoms with Crippen LogP contribution in [-0.4, -0.2) is 14.1 Å². The van der Waals surface area contributed by atoms with Crippen molar-refractivity contribution < 1.29 is 20.1 Å². The van der Waals surface area contributed by atoms with Crippen molar-refractivity contribution in [3.05, 3.63) is 188 Å². The zero-order valence-electron chi connectivity index (χ0n) is 28.4. The van der Waals surface area contributed by atoms with Gasteiger partial charge in [-0.2, -0.15) is 0 Å². The van der Waals surface area contributed by atoms with Crippen molar-refractivity contribution in [2.75, 3.05) is 0 Å². The van der Waals surface area contributed by atoms with Crippen LogP contribution in [0.3, 0.4) is 0 Å². The fourth-order valence-electron chi connectivity index (χ4n) is 7.85. The van der Waals surface area contributed by atoms with E-state index in [1.54, 1.807) is 0 Å². The van der Waals surface area contributed by atoms with Gasteiger partial charge in [0.15, 0.2) is 0 Å². The third kappa shape index (κ3) is 5.11. The molecule has 0 amide bonds. The van der Waals surface area contributed by atoms with Gasteiger partial charge in [-0.1, -0.05) is 119 Å². The van der Waals surface area contributed by atoms with E-state index in [-0.39, 0.29) is 20.1 Å². The largest absolute Gasteiger partial charge is 0.309 e. The summed E-state index contributed by atoms with van der Waals surface area (Å²) in [5, 5.41) is 4.93. The first kappa shape index (κ1) is 31.9. The van der Waals surface area contributed by atoms with Crippen molar-refractivity contribution in [1.29, 1.82) is 0 Å². The molecule has 0 saturated heterocycles. The Morgan fingerprint density at radius 2 is 1.06 bits per heavy atom. The molecule has 0 atom stereocenters. The van der Waals surface area contributed by atoms with Crippen molar-refractivity contribution in [2.45, 2.75) is 6.92 Å². The number of hydrogen-bond acceptors (Lipinski definition) is 1. The van der Waals surface area contributed by atoms with Gasteiger partial charge in [-0.05, 0) is 78.8 Å². The van der Waals surface area contributed by atoms with Gasteiger partial charge in [0.25, 0.3) is 0 Å². The van der Waals surface area contributed by atoms with Crippen LogP contribution in [0.5, 0.6) is 0 Å². The molecule has 0 N–H and O–H groups in total. The van der Waals surface area contributed by atoms with Gasteiger partial charge in [-0.15, -0.1) is 23.8 Å². The minimum Gasteiger partial charge on any atom is -0.309 e. The second kappa shape index (κ2) is 12.9. The van der Waals surface area contributed by atoms with E-state index < -0.39 is 0 Å². The van der Waals surface area contributed by atoms with Crippen molar-refractivity contribution in [3.8, 4) is 44.9 Å². The summed E-state index contributed by atoms with van der Waals surface area (Å²) < 4.78 is 4.82. The second-order valence-corrected chi connectivity index (χ2v) is 13.2. The smallest absolute Gasteiger partial charge is 0.0562 e. The number of rotatable bonds is 5. The van der Waals surface area contributed by atoms with Gasteiger partial charge in [0, 0.05) is 59.2 Å². The average molecular weight is 843 g/mol. The van der Waals surface area contributed by atoms with Gasteiger partial charge in [-0.3, -0.25) is 0 Å². The fraction of sp³-hybridized carbons (Fsp3) is 0.0208. The number of aryl methyl sites for hydroxylation is 1. The van der Waals surface area contributed by atoms with Crippen LogP contribution < -0.4 is 0 Å². The molecule has 0 spiro atoms. The molecule has 0 unspecified atom stereocenters. The van der Waals surface area contributed by atoms with Crippen LogP contribution in [-0.2, 0) is 20.1 Å². The molecular weight excluding hydrogens is 811 g/mol. The summed E-state index contributed by atoms with van der Waals surface area (Å²) in [4.78, 5) is 4.75. The van der Waals surface area contributed by atoms with Crippen LogP contribution in [0.15, 0.2) is 176 Å². The Bertz CT molecular complexity index is 2910. The van der Waals surface area contributed by atoms with Crippen LogP contribution in [0.25, 0.3) is 88.5 Å². The van der Waals surface area contributed by atoms with Crippen LogP contribution in [0.4, 0.5) is 0 Å². The second-order valence-electron chi connectivity index (χ2n) is 13.2. The molecule has 52 heavy (non-hydrogen) atoms. The summed E-state index contributed by atoms with van der Waals surface area (Å²) in [5.41, 5.74) is 14.7. The molecule has 10 rings (SSSR count). The van der Waals surface area contributed by atoms with Gasteiger partial charge >= 0.3 is 0 Å². The molecule has 4 heteroatoms. The van der Waals surface area contributed by atoms with E-state index in [2.05, 4.69) is 186 Å². The molecule has 3 heterocycles. The molecule has 0 aliphatic carbocycles. The van der Waals surface area contributed by atoms with Crippen molar-refractivity contribution in [2.24, 2.45) is 0 Å². The fourth-order valence-corrected chi connectivity index (χ4v) is 7.85. The molecule has 0 saturated carbocycles. The van der Waals surface area contributed by atoms with Gasteiger partial charge in [0.05, 0.1) is 22.1 Å². The van der Waals surface area contributed by atoms with Gasteiger partial charge in [-0.25, -0.2) is 0 Å². The van der Waals surface area contributed by atoms with Gasteiger partial charge in [0.1, 0.15) is 0 Å². The molecule has 0 aliphatic rings. The molecule has 7 aromatic carbocycles. The molecule has 0 bridgehead atoms. The zero-order valence-corrected chi connectivity index (χ0v) is 30.8. The van der Waals surface area contributed by atoms with E-state index >= 15 is 0 Å². The summed E-state index contributed by atoms with van der Waals surface area (Å²) in [6, 6.07) is 64.6. The van der Waals surface area contributed by atoms with Crippen LogP contribution >= 0.6 is 0 Å². The summed E-state index contributed by atoms with van der Waals surface area (Å²) in [7, 11) is 0. The summed E-state index contributed by atoms with van der Waals surface area (Å²) >= 11 is 0. The Labute approximate surface area is 315 Å². The minimum absolute atomic E-state index is 0. The van der Waals surface area contributed by atoms with E-state index in [0.29, 0.717) is 0 Å². The molecule has 249 valence electrons. The first-order chi connectivity index (χ1) is 25.2. The maximum atomic E-state index is 4.75. The topological polar surface area (TPSA) is 22.8 Å². The predicted molar refractivity (Wildman–Crippen MR) is 213 cm³/mol. The van der Waals surface area contributed by atoms with E-state index in [4.69, 9.17) is 4.98 Å². The van der Waals surface area contributed by atoms with E-state index in [9.17, 15) is 0 Å². The first-order valence-electron chi connectivity index (χ1n) is 17.4. The normalized spacial score (nSPS) is 11.4. The molecule has 1 radical (unpaired) electrons. The number of aromatic nitrogens is 3. The van der Waals surface area contributed by atoms with Crippen molar-refractivity contribution in [3.63, 3.8) is 0 Å². The van der Waals surface area contributed by atoms with Gasteiger partial charge in [0.2, 0.25) is 0 Å². The average Bonchev–Trinajstić information content (AvgIpc) is 3.69. The van der Waals surface area contributed by atoms with E-state index in [1.807, 2.05) is 12.3 Å². The third-order valence-corrected chi connectivity index (χ3v) is 10.2. The number of hydrogen-bond donors (Lipinski definition) is 0. The Morgan fingerprint density at radius 1 is 0.462 bits per heavy atom. The number of benzene rings is 7. The van der Waals surface area contributed by atoms with Crippen LogP contribution in [0.1, 0.15) is 5.56 Å². The molecule has 0 aliphatic heterocycles. The summed E-state index contributed by atoms with van der Waals surface area (Å²) in [5.74, 6) is 0. The summed E-state index contributed by atoms with van der Waals surface area (Å²) in [6.07, 6.45) is 1.86. The first-order valence-corrected chi connectivity index (χ1v) is 17.4. The molecule has 0 fully saturated rings. The molecule has 3 aromatic heterocycles.